The van der Waals surface area contributed by atoms with E-state index in [0.29, 0.717) is 31.6 Å². The Morgan fingerprint density at radius 1 is 1.16 bits per heavy atom. The number of hydrogen-bond donors (Lipinski definition) is 4. The molecule has 0 unspecified atom stereocenters. The number of likely N-dealkylation sites (N-methyl/N-ethyl adjacent to an activating group) is 1. The first-order chi connectivity index (χ1) is 25.8. The molecule has 55 heavy (non-hydrogen) atoms. The summed E-state index contributed by atoms with van der Waals surface area (Å²) in [6.07, 6.45) is -1.13. The summed E-state index contributed by atoms with van der Waals surface area (Å²) in [7, 11) is 5.28. The van der Waals surface area contributed by atoms with E-state index in [9.17, 15) is 24.9 Å². The van der Waals surface area contributed by atoms with E-state index >= 15 is 0 Å². The van der Waals surface area contributed by atoms with Crippen molar-refractivity contribution in [3.63, 3.8) is 0 Å². The highest BCUT2D eigenvalue weighted by atomic mass is 16.7. The molecule has 1 aromatic heterocycles. The first-order valence-electron chi connectivity index (χ1n) is 20.0. The van der Waals surface area contributed by atoms with Crippen LogP contribution in [0.15, 0.2) is 11.4 Å². The zero-order valence-electron chi connectivity index (χ0n) is 34.8. The molecule has 4 rings (SSSR count). The van der Waals surface area contributed by atoms with Crippen molar-refractivity contribution in [1.29, 1.82) is 0 Å². The SMILES string of the molecule is Bn1cc(CCN(C)[C@H]2C[C@@H](C)O[C@H](O[C@@H]3[C@H](C)C(=O)[C@@H](C)C(=O)O[C@H](CC)[C@@](C)(O)[C@H](O)[C@@H](C)/C(=N/O[C@@H]4CCCNC4)[C@H](C)C[C@@]3(C)OC)[C@@H]2O)nn1. The van der Waals surface area contributed by atoms with Crippen LogP contribution in [0.3, 0.4) is 0 Å². The second kappa shape index (κ2) is 19.3. The van der Waals surface area contributed by atoms with E-state index in [2.05, 4.69) is 25.7 Å². The third-order valence-corrected chi connectivity index (χ3v) is 12.2. The van der Waals surface area contributed by atoms with Crippen LogP contribution in [0.1, 0.15) is 93.2 Å². The molecule has 4 heterocycles. The first-order valence-corrected chi connectivity index (χ1v) is 20.0. The van der Waals surface area contributed by atoms with Gasteiger partial charge in [-0.1, -0.05) is 38.1 Å². The lowest BCUT2D eigenvalue weighted by atomic mass is 9.74. The van der Waals surface area contributed by atoms with Gasteiger partial charge in [0.1, 0.15) is 29.8 Å². The van der Waals surface area contributed by atoms with Crippen molar-refractivity contribution < 1.29 is 48.7 Å². The van der Waals surface area contributed by atoms with Gasteiger partial charge in [-0.2, -0.15) is 0 Å². The predicted octanol–water partition coefficient (Wildman–Crippen LogP) is 0.879. The molecule has 0 aliphatic carbocycles. The lowest BCUT2D eigenvalue weighted by molar-refractivity contribution is -0.295. The number of hydrogen-bond acceptors (Lipinski definition) is 15. The minimum atomic E-state index is -1.89. The van der Waals surface area contributed by atoms with Crippen molar-refractivity contribution in [2.24, 2.45) is 28.8 Å². The Kier molecular flexibility index (Phi) is 15.9. The summed E-state index contributed by atoms with van der Waals surface area (Å²) < 4.78 is 26.8. The number of cyclic esters (lactones) is 1. The molecule has 0 radical (unpaired) electrons. The summed E-state index contributed by atoms with van der Waals surface area (Å²) in [6, 6.07) is -0.345. The zero-order chi connectivity index (χ0) is 40.8. The Hall–Kier alpha value is -2.51. The molecule has 0 amide bonds. The van der Waals surface area contributed by atoms with Gasteiger partial charge in [0.25, 0.3) is 7.98 Å². The second-order valence-corrected chi connectivity index (χ2v) is 16.7. The van der Waals surface area contributed by atoms with Crippen LogP contribution in [0.5, 0.6) is 0 Å². The first kappa shape index (κ1) is 45.2. The monoisotopic (exact) mass is 779 g/mol. The van der Waals surface area contributed by atoms with Crippen LogP contribution in [-0.2, 0) is 39.8 Å². The minimum Gasteiger partial charge on any atom is -0.459 e. The van der Waals surface area contributed by atoms with Crippen molar-refractivity contribution in [2.45, 2.75) is 154 Å². The molecule has 312 valence electrons. The van der Waals surface area contributed by atoms with Gasteiger partial charge in [0, 0.05) is 56.6 Å². The Morgan fingerprint density at radius 2 is 1.87 bits per heavy atom. The number of esters is 1. The summed E-state index contributed by atoms with van der Waals surface area (Å²) >= 11 is 0. The van der Waals surface area contributed by atoms with Crippen molar-refractivity contribution in [3.05, 3.63) is 11.9 Å². The summed E-state index contributed by atoms with van der Waals surface area (Å²) in [5.74, 6) is -4.68. The zero-order valence-corrected chi connectivity index (χ0v) is 34.8. The number of ether oxygens (including phenoxy) is 4. The van der Waals surface area contributed by atoms with E-state index in [1.807, 2.05) is 42.0 Å². The lowest BCUT2D eigenvalue weighted by Gasteiger charge is -2.47. The molecule has 3 aliphatic heterocycles. The van der Waals surface area contributed by atoms with Gasteiger partial charge in [0.05, 0.1) is 35.3 Å². The van der Waals surface area contributed by atoms with E-state index < -0.39 is 77.3 Å². The Balaban J connectivity index is 1.72. The highest BCUT2D eigenvalue weighted by molar-refractivity contribution is 6.05. The van der Waals surface area contributed by atoms with Crippen LogP contribution in [0, 0.1) is 23.7 Å². The van der Waals surface area contributed by atoms with Crippen LogP contribution < -0.4 is 5.32 Å². The van der Waals surface area contributed by atoms with Crippen LogP contribution in [0.25, 0.3) is 0 Å². The van der Waals surface area contributed by atoms with Gasteiger partial charge in [-0.3, -0.25) is 9.59 Å². The normalized spacial score (nSPS) is 40.9. The third-order valence-electron chi connectivity index (χ3n) is 12.2. The summed E-state index contributed by atoms with van der Waals surface area (Å²) in [6.45, 7) is 15.9. The van der Waals surface area contributed by atoms with Crippen molar-refractivity contribution in [2.75, 3.05) is 33.8 Å². The molecule has 0 bridgehead atoms. The topological polar surface area (TPSA) is 199 Å². The molecule has 17 heteroatoms. The Bertz CT molecular complexity index is 1440. The molecule has 0 aromatic carbocycles. The van der Waals surface area contributed by atoms with E-state index in [-0.39, 0.29) is 31.1 Å². The molecule has 16 nitrogen and oxygen atoms in total. The quantitative estimate of drug-likeness (QED) is 0.113. The molecule has 1 aromatic rings. The number of Topliss-reactive ketones (excluding diaryl/α,β-unsaturated/α-hetero) is 1. The predicted molar refractivity (Wildman–Crippen MR) is 207 cm³/mol. The fraction of sp³-hybridized carbons (Fsp3) is 0.868. The van der Waals surface area contributed by atoms with Gasteiger partial charge in [0.2, 0.25) is 0 Å². The highest BCUT2D eigenvalue weighted by Crippen LogP contribution is 2.39. The number of piperidine rings is 1. The van der Waals surface area contributed by atoms with Crippen LogP contribution in [-0.4, -0.2) is 155 Å². The lowest BCUT2D eigenvalue weighted by Crippen LogP contribution is -2.60. The third kappa shape index (κ3) is 10.7. The largest absolute Gasteiger partial charge is 0.459 e. The molecule has 0 saturated carbocycles. The van der Waals surface area contributed by atoms with Gasteiger partial charge in [-0.15, -0.1) is 5.10 Å². The summed E-state index contributed by atoms with van der Waals surface area (Å²) in [4.78, 5) is 36.1. The number of nitrogens with one attached hydrogen (secondary N) is 1. The number of aromatic nitrogens is 3. The fourth-order valence-corrected chi connectivity index (χ4v) is 8.55. The van der Waals surface area contributed by atoms with Crippen LogP contribution in [0.2, 0.25) is 0 Å². The molecule has 3 aliphatic rings. The number of rotatable bonds is 10. The number of nitrogens with zero attached hydrogens (tertiary/aromatic N) is 5. The van der Waals surface area contributed by atoms with E-state index in [1.54, 1.807) is 25.4 Å². The Morgan fingerprint density at radius 3 is 2.47 bits per heavy atom. The molecule has 14 atom stereocenters. The number of oxime groups is 1. The maximum atomic E-state index is 14.3. The number of carbonyl (C=O) groups is 2. The van der Waals surface area contributed by atoms with E-state index in [0.717, 1.165) is 25.1 Å². The number of carbonyl (C=O) groups excluding carboxylic acids is 2. The smallest absolute Gasteiger partial charge is 0.316 e. The Labute approximate surface area is 327 Å². The number of methoxy groups -OCH3 is 1. The summed E-state index contributed by atoms with van der Waals surface area (Å²) in [5, 5.41) is 51.6. The van der Waals surface area contributed by atoms with Gasteiger partial charge >= 0.3 is 5.97 Å². The fourth-order valence-electron chi connectivity index (χ4n) is 8.55. The van der Waals surface area contributed by atoms with Gasteiger partial charge in [-0.05, 0) is 73.4 Å². The standard InChI is InChI=1S/C38H67BN6O10/c1-11-29-38(8,50)33(48)23(4)30(42-55-27-13-12-15-40-19-27)21(2)18-37(7,51-10)34(24(5)31(46)25(6)35(49)53-29)54-36-32(47)28(17-22(3)52-36)44(9)16-14-26-20-45(39)43-41-26/h20-25,27-29,32-34,36,40,47-48,50H,11-19,39H2,1-10H3/b42-30+/t21-,22-,23+,24-,25-,27-,28+,29-,32-,33-,34-,36-,37-,38-/m1/s1. The molecule has 4 N–H and O–H groups in total. The molecule has 3 saturated heterocycles. The number of aliphatic hydroxyl groups excluding tert-OH is 2. The van der Waals surface area contributed by atoms with Crippen LogP contribution in [0.4, 0.5) is 0 Å². The maximum absolute atomic E-state index is 14.3. The van der Waals surface area contributed by atoms with Gasteiger partial charge in [-0.25, -0.2) is 0 Å². The average Bonchev–Trinajstić information content (AvgIpc) is 3.59. The average molecular weight is 779 g/mol. The summed E-state index contributed by atoms with van der Waals surface area (Å²) in [5.41, 5.74) is -1.82. The maximum Gasteiger partial charge on any atom is 0.316 e. The minimum absolute atomic E-state index is 0.182. The number of ketones is 1. The second-order valence-electron chi connectivity index (χ2n) is 16.7. The van der Waals surface area contributed by atoms with Gasteiger partial charge < -0.3 is 53.9 Å². The van der Waals surface area contributed by atoms with Crippen molar-refractivity contribution in [1.82, 2.24) is 25.1 Å². The molecule has 3 fully saturated rings. The molecule has 0 spiro atoms. The van der Waals surface area contributed by atoms with E-state index in [4.69, 9.17) is 23.8 Å². The molecular weight excluding hydrogens is 711 g/mol. The van der Waals surface area contributed by atoms with Crippen LogP contribution >= 0.6 is 0 Å². The molecular formula is C38H67BN6O10. The number of aliphatic hydroxyl groups is 3. The van der Waals surface area contributed by atoms with Gasteiger partial charge in [0.15, 0.2) is 12.1 Å². The van der Waals surface area contributed by atoms with Crippen molar-refractivity contribution >= 4 is 25.4 Å². The highest BCUT2D eigenvalue weighted by Gasteiger charge is 2.52. The van der Waals surface area contributed by atoms with Crippen molar-refractivity contribution in [3.8, 4) is 0 Å². The van der Waals surface area contributed by atoms with E-state index in [1.165, 1.54) is 21.0 Å².